The van der Waals surface area contributed by atoms with Crippen molar-refractivity contribution in [2.24, 2.45) is 4.99 Å². The molecular weight excluding hydrogens is 388 g/mol. The van der Waals surface area contributed by atoms with Gasteiger partial charge >= 0.3 is 0 Å². The van der Waals surface area contributed by atoms with Crippen LogP contribution in [0.1, 0.15) is 5.69 Å². The minimum absolute atomic E-state index is 0.0184. The molecule has 9 heteroatoms. The molecule has 0 amide bonds. The van der Waals surface area contributed by atoms with E-state index < -0.39 is 4.92 Å². The predicted octanol–water partition coefficient (Wildman–Crippen LogP) is 3.83. The lowest BCUT2D eigenvalue weighted by Gasteiger charge is -2.09. The quantitative estimate of drug-likeness (QED) is 0.242. The Balaban J connectivity index is 1.92. The fourth-order valence-electron chi connectivity index (χ4n) is 2.77. The number of rotatable bonds is 4. The number of nitrogens with one attached hydrogen (secondary N) is 1. The number of nitro groups is 1. The van der Waals surface area contributed by atoms with Crippen molar-refractivity contribution < 1.29 is 4.92 Å². The molecule has 4 rings (SSSR count). The number of aromatic nitrogens is 3. The highest BCUT2D eigenvalue weighted by Gasteiger charge is 2.14. The fraction of sp³-hybridized carbons (Fsp3) is 0. The van der Waals surface area contributed by atoms with Gasteiger partial charge in [0, 0.05) is 29.9 Å². The standard InChI is InChI=1S/C20H14N6O2S/c21-19(17-12-22-9-10-23-17)24-20-25(15-7-4-8-16(11-15)26(27)28)18(13-29-20)14-5-2-1-3-6-14/h1-13,21H. The summed E-state index contributed by atoms with van der Waals surface area (Å²) < 4.78 is 1.80. The van der Waals surface area contributed by atoms with E-state index in [2.05, 4.69) is 15.0 Å². The molecule has 0 unspecified atom stereocenters. The first kappa shape index (κ1) is 18.4. The highest BCUT2D eigenvalue weighted by molar-refractivity contribution is 7.07. The first-order valence-electron chi connectivity index (χ1n) is 8.54. The van der Waals surface area contributed by atoms with E-state index in [9.17, 15) is 10.1 Å². The van der Waals surface area contributed by atoms with E-state index in [1.165, 1.54) is 42.1 Å². The zero-order valence-corrected chi connectivity index (χ0v) is 15.8. The minimum atomic E-state index is -0.433. The van der Waals surface area contributed by atoms with Gasteiger partial charge in [0.25, 0.3) is 5.69 Å². The molecule has 0 aliphatic rings. The van der Waals surface area contributed by atoms with E-state index in [0.717, 1.165) is 11.3 Å². The number of nitro benzene ring substituents is 1. The van der Waals surface area contributed by atoms with Crippen LogP contribution in [0.25, 0.3) is 16.9 Å². The van der Waals surface area contributed by atoms with Gasteiger partial charge in [-0.15, -0.1) is 11.3 Å². The third-order valence-electron chi connectivity index (χ3n) is 4.09. The lowest BCUT2D eigenvalue weighted by Crippen LogP contribution is -2.17. The van der Waals surface area contributed by atoms with Crippen LogP contribution in [0.4, 0.5) is 5.69 Å². The molecule has 142 valence electrons. The highest BCUT2D eigenvalue weighted by atomic mass is 32.1. The van der Waals surface area contributed by atoms with E-state index >= 15 is 0 Å². The van der Waals surface area contributed by atoms with Gasteiger partial charge in [0.1, 0.15) is 5.69 Å². The average Bonchev–Trinajstić information content (AvgIpc) is 3.18. The summed E-state index contributed by atoms with van der Waals surface area (Å²) in [7, 11) is 0. The van der Waals surface area contributed by atoms with Crippen LogP contribution in [0, 0.1) is 15.5 Å². The van der Waals surface area contributed by atoms with Crippen molar-refractivity contribution >= 4 is 22.9 Å². The molecule has 0 aliphatic heterocycles. The Hall–Kier alpha value is -3.98. The van der Waals surface area contributed by atoms with Gasteiger partial charge in [-0.2, -0.15) is 4.99 Å². The van der Waals surface area contributed by atoms with Crippen molar-refractivity contribution in [1.29, 1.82) is 5.41 Å². The average molecular weight is 402 g/mol. The molecule has 2 heterocycles. The smallest absolute Gasteiger partial charge is 0.271 e. The molecule has 0 radical (unpaired) electrons. The second-order valence-electron chi connectivity index (χ2n) is 5.93. The van der Waals surface area contributed by atoms with Crippen LogP contribution in [-0.2, 0) is 0 Å². The van der Waals surface area contributed by atoms with Gasteiger partial charge in [-0.1, -0.05) is 36.4 Å². The van der Waals surface area contributed by atoms with Crippen LogP contribution in [0.5, 0.6) is 0 Å². The minimum Gasteiger partial charge on any atom is -0.285 e. The molecule has 8 nitrogen and oxygen atoms in total. The van der Waals surface area contributed by atoms with Crippen LogP contribution in [-0.4, -0.2) is 25.3 Å². The van der Waals surface area contributed by atoms with Crippen molar-refractivity contribution in [3.8, 4) is 16.9 Å². The number of non-ortho nitro benzene ring substituents is 1. The third-order valence-corrected chi connectivity index (χ3v) is 4.92. The summed E-state index contributed by atoms with van der Waals surface area (Å²) in [5.41, 5.74) is 2.66. The monoisotopic (exact) mass is 402 g/mol. The van der Waals surface area contributed by atoms with E-state index in [1.54, 1.807) is 16.7 Å². The lowest BCUT2D eigenvalue weighted by molar-refractivity contribution is -0.384. The normalized spacial score (nSPS) is 11.4. The van der Waals surface area contributed by atoms with E-state index in [-0.39, 0.29) is 11.5 Å². The first-order valence-corrected chi connectivity index (χ1v) is 9.42. The Labute approximate surface area is 169 Å². The number of amidine groups is 1. The van der Waals surface area contributed by atoms with Crippen molar-refractivity contribution in [3.63, 3.8) is 0 Å². The molecule has 1 N–H and O–H groups in total. The molecule has 0 bridgehead atoms. The second kappa shape index (κ2) is 7.95. The van der Waals surface area contributed by atoms with Crippen LogP contribution >= 0.6 is 11.3 Å². The van der Waals surface area contributed by atoms with Crippen molar-refractivity contribution in [2.45, 2.75) is 0 Å². The summed E-state index contributed by atoms with van der Waals surface area (Å²) >= 11 is 1.34. The second-order valence-corrected chi connectivity index (χ2v) is 6.77. The Morgan fingerprint density at radius 3 is 2.69 bits per heavy atom. The summed E-state index contributed by atoms with van der Waals surface area (Å²) in [4.78, 5) is 23.8. The van der Waals surface area contributed by atoms with Gasteiger partial charge in [-0.3, -0.25) is 25.1 Å². The maximum Gasteiger partial charge on any atom is 0.271 e. The van der Waals surface area contributed by atoms with Gasteiger partial charge in [0.15, 0.2) is 10.6 Å². The number of benzene rings is 2. The molecule has 0 spiro atoms. The van der Waals surface area contributed by atoms with Gasteiger partial charge in [0.2, 0.25) is 0 Å². The molecule has 4 aromatic rings. The SMILES string of the molecule is N=C(N=c1scc(-c2ccccc2)n1-c1cccc([N+](=O)[O-])c1)c1cnccn1. The summed E-state index contributed by atoms with van der Waals surface area (Å²) in [5, 5.41) is 21.4. The van der Waals surface area contributed by atoms with Crippen LogP contribution in [0.15, 0.2) is 83.6 Å². The Kier molecular flexibility index (Phi) is 5.04. The molecule has 0 saturated carbocycles. The van der Waals surface area contributed by atoms with Gasteiger partial charge in [0.05, 0.1) is 22.5 Å². The van der Waals surface area contributed by atoms with Gasteiger partial charge in [-0.05, 0) is 11.6 Å². The zero-order chi connectivity index (χ0) is 20.2. The number of hydrogen-bond acceptors (Lipinski definition) is 6. The molecule has 0 atom stereocenters. The molecule has 0 fully saturated rings. The van der Waals surface area contributed by atoms with E-state index in [4.69, 9.17) is 5.41 Å². The molecule has 2 aromatic heterocycles. The van der Waals surface area contributed by atoms with Gasteiger partial charge < -0.3 is 0 Å². The van der Waals surface area contributed by atoms with E-state index in [0.29, 0.717) is 16.2 Å². The number of thiazole rings is 1. The van der Waals surface area contributed by atoms with E-state index in [1.807, 2.05) is 35.7 Å². The molecule has 0 aliphatic carbocycles. The zero-order valence-electron chi connectivity index (χ0n) is 15.0. The molecule has 0 saturated heterocycles. The van der Waals surface area contributed by atoms with Crippen LogP contribution < -0.4 is 4.80 Å². The fourth-order valence-corrected chi connectivity index (χ4v) is 3.68. The molecular formula is C20H14N6O2S. The first-order chi connectivity index (χ1) is 14.1. The summed E-state index contributed by atoms with van der Waals surface area (Å²) in [6.45, 7) is 0. The predicted molar refractivity (Wildman–Crippen MR) is 110 cm³/mol. The summed E-state index contributed by atoms with van der Waals surface area (Å²) in [6.07, 6.45) is 4.49. The topological polar surface area (TPSA) is 110 Å². The molecule has 29 heavy (non-hydrogen) atoms. The Morgan fingerprint density at radius 2 is 1.97 bits per heavy atom. The number of hydrogen-bond donors (Lipinski definition) is 1. The number of nitrogens with zero attached hydrogens (tertiary/aromatic N) is 5. The maximum absolute atomic E-state index is 11.3. The Morgan fingerprint density at radius 1 is 1.14 bits per heavy atom. The lowest BCUT2D eigenvalue weighted by atomic mass is 10.1. The summed E-state index contributed by atoms with van der Waals surface area (Å²) in [5.74, 6) is -0.0428. The van der Waals surface area contributed by atoms with Crippen LogP contribution in [0.3, 0.4) is 0 Å². The Bertz CT molecular complexity index is 1250. The van der Waals surface area contributed by atoms with Crippen LogP contribution in [0.2, 0.25) is 0 Å². The van der Waals surface area contributed by atoms with Crippen molar-refractivity contribution in [1.82, 2.24) is 14.5 Å². The highest BCUT2D eigenvalue weighted by Crippen LogP contribution is 2.25. The maximum atomic E-state index is 11.3. The third kappa shape index (κ3) is 3.85. The summed E-state index contributed by atoms with van der Waals surface area (Å²) in [6, 6.07) is 16.0. The van der Waals surface area contributed by atoms with Crippen molar-refractivity contribution in [3.05, 3.63) is 99.2 Å². The molecule has 2 aromatic carbocycles. The van der Waals surface area contributed by atoms with Crippen molar-refractivity contribution in [2.75, 3.05) is 0 Å². The van der Waals surface area contributed by atoms with Gasteiger partial charge in [-0.25, -0.2) is 4.98 Å². The largest absolute Gasteiger partial charge is 0.285 e.